The van der Waals surface area contributed by atoms with Gasteiger partial charge in [-0.2, -0.15) is 0 Å². The Hall–Kier alpha value is -0.637. The average Bonchev–Trinajstić information content (AvgIpc) is 1.90. The summed E-state index contributed by atoms with van der Waals surface area (Å²) in [5, 5.41) is 7.42. The van der Waals surface area contributed by atoms with Gasteiger partial charge in [0, 0.05) is 6.92 Å². The number of allylic oxidation sites excluding steroid dienone is 3. The summed E-state index contributed by atoms with van der Waals surface area (Å²) in [6, 6.07) is 0. The van der Waals surface area contributed by atoms with Gasteiger partial charge in [0.05, 0.1) is 0 Å². The van der Waals surface area contributed by atoms with Crippen LogP contribution >= 0.6 is 0 Å². The van der Waals surface area contributed by atoms with E-state index in [1.54, 1.807) is 0 Å². The number of carbonyl (C=O) groups is 1. The third-order valence-corrected chi connectivity index (χ3v) is 2.53. The number of carboxylic acid groups (broad SMARTS) is 1. The van der Waals surface area contributed by atoms with Crippen molar-refractivity contribution >= 4 is 25.8 Å². The zero-order chi connectivity index (χ0) is 7.82. The summed E-state index contributed by atoms with van der Waals surface area (Å²) >= 11 is -0.00781. The molecule has 3 heteroatoms. The van der Waals surface area contributed by atoms with Crippen LogP contribution in [0, 0.1) is 0 Å². The zero-order valence-electron chi connectivity index (χ0n) is 5.82. The van der Waals surface area contributed by atoms with Crippen molar-refractivity contribution in [3.8, 4) is 0 Å². The molecule has 2 nitrogen and oxygen atoms in total. The van der Waals surface area contributed by atoms with Crippen LogP contribution in [0.25, 0.3) is 0 Å². The molecule has 0 aromatic rings. The molecule has 54 valence electrons. The third-order valence-electron chi connectivity index (χ3n) is 0.667. The van der Waals surface area contributed by atoms with Crippen molar-refractivity contribution in [2.24, 2.45) is 0 Å². The molecule has 1 heterocycles. The maximum Gasteiger partial charge on any atom is 0.300 e. The van der Waals surface area contributed by atoms with E-state index in [-0.39, 0.29) is 15.0 Å². The average molecular weight is 199 g/mol. The van der Waals surface area contributed by atoms with E-state index in [1.165, 1.54) is 0 Å². The fourth-order valence-electron chi connectivity index (χ4n) is 0.385. The fraction of sp³-hybridized carbons (Fsp3) is 0.143. The minimum absolute atomic E-state index is 0.00781. The molecule has 0 atom stereocenters. The summed E-state index contributed by atoms with van der Waals surface area (Å²) in [6.45, 7) is 1.08. The Morgan fingerprint density at radius 3 is 2.10 bits per heavy atom. The second-order valence-corrected chi connectivity index (χ2v) is 4.10. The summed E-state index contributed by atoms with van der Waals surface area (Å²) in [5.74, 6) is -0.833. The third kappa shape index (κ3) is 10.4. The largest absolute Gasteiger partial charge is 0.481 e. The van der Waals surface area contributed by atoms with Crippen LogP contribution in [0.1, 0.15) is 6.92 Å². The van der Waals surface area contributed by atoms with Crippen molar-refractivity contribution in [3.05, 3.63) is 23.1 Å². The van der Waals surface area contributed by atoms with Crippen molar-refractivity contribution in [2.75, 3.05) is 0 Å². The molecular formula is C7H10GeO2. The van der Waals surface area contributed by atoms with Gasteiger partial charge in [-0.05, 0) is 0 Å². The summed E-state index contributed by atoms with van der Waals surface area (Å²) < 4.78 is 0. The van der Waals surface area contributed by atoms with Crippen molar-refractivity contribution in [1.82, 2.24) is 0 Å². The van der Waals surface area contributed by atoms with E-state index in [2.05, 4.69) is 28.0 Å². The van der Waals surface area contributed by atoms with Gasteiger partial charge in [-0.25, -0.2) is 0 Å². The molecule has 1 rings (SSSR count). The van der Waals surface area contributed by atoms with Gasteiger partial charge in [0.25, 0.3) is 5.97 Å². The van der Waals surface area contributed by atoms with E-state index >= 15 is 0 Å². The molecule has 0 saturated heterocycles. The normalized spacial score (nSPS) is 12.1. The Kier molecular flexibility index (Phi) is 6.07. The predicted octanol–water partition coefficient (Wildman–Crippen LogP) is 0.399. The van der Waals surface area contributed by atoms with Gasteiger partial charge >= 0.3 is 43.0 Å². The van der Waals surface area contributed by atoms with Gasteiger partial charge < -0.3 is 5.11 Å². The quantitative estimate of drug-likeness (QED) is 0.573. The number of aliphatic carboxylic acids is 1. The number of carboxylic acids is 1. The van der Waals surface area contributed by atoms with Crippen LogP contribution < -0.4 is 0 Å². The summed E-state index contributed by atoms with van der Waals surface area (Å²) in [4.78, 5) is 13.6. The van der Waals surface area contributed by atoms with E-state index in [4.69, 9.17) is 9.90 Å². The second kappa shape index (κ2) is 6.48. The van der Waals surface area contributed by atoms with Crippen LogP contribution in [0.3, 0.4) is 0 Å². The number of hydrogen-bond acceptors (Lipinski definition) is 1. The van der Waals surface area contributed by atoms with E-state index in [0.29, 0.717) is 0 Å². The second-order valence-electron chi connectivity index (χ2n) is 1.67. The monoisotopic (exact) mass is 200 g/mol. The zero-order valence-corrected chi connectivity index (χ0v) is 8.24. The molecule has 0 fully saturated rings. The molecule has 1 N–H and O–H groups in total. The van der Waals surface area contributed by atoms with Crippen molar-refractivity contribution in [1.29, 1.82) is 0 Å². The van der Waals surface area contributed by atoms with Crippen LogP contribution in [0.2, 0.25) is 0 Å². The van der Waals surface area contributed by atoms with Gasteiger partial charge in [0.1, 0.15) is 0 Å². The molecule has 0 bridgehead atoms. The van der Waals surface area contributed by atoms with Crippen LogP contribution in [-0.4, -0.2) is 30.9 Å². The van der Waals surface area contributed by atoms with Gasteiger partial charge in [-0.1, -0.05) is 0 Å². The summed E-state index contributed by atoms with van der Waals surface area (Å²) in [7, 11) is 0. The molecule has 0 aromatic carbocycles. The molecule has 0 unspecified atom stereocenters. The Balaban J connectivity index is 0.000000180. The topological polar surface area (TPSA) is 37.3 Å². The number of rotatable bonds is 0. The predicted molar refractivity (Wildman–Crippen MR) is 44.8 cm³/mol. The van der Waals surface area contributed by atoms with Gasteiger partial charge in [-0.15, -0.1) is 0 Å². The molecule has 0 aromatic heterocycles. The van der Waals surface area contributed by atoms with Gasteiger partial charge in [-0.3, -0.25) is 4.79 Å². The summed E-state index contributed by atoms with van der Waals surface area (Å²) in [5.41, 5.74) is 0. The van der Waals surface area contributed by atoms with Crippen LogP contribution in [-0.2, 0) is 4.79 Å². The first-order valence-corrected chi connectivity index (χ1v) is 5.73. The Labute approximate surface area is 66.3 Å². The molecule has 0 saturated carbocycles. The van der Waals surface area contributed by atoms with Crippen LogP contribution in [0.15, 0.2) is 23.1 Å². The molecule has 0 aliphatic carbocycles. The molecule has 0 spiro atoms. The van der Waals surface area contributed by atoms with E-state index in [1.807, 2.05) is 0 Å². The SMILES string of the molecule is C1=C[CH]=[GeH][CH]=C1.CC(=O)O. The van der Waals surface area contributed by atoms with E-state index in [9.17, 15) is 0 Å². The Morgan fingerprint density at radius 2 is 2.00 bits per heavy atom. The molecule has 10 heavy (non-hydrogen) atoms. The number of hydrogen-bond donors (Lipinski definition) is 1. The van der Waals surface area contributed by atoms with Crippen molar-refractivity contribution in [3.63, 3.8) is 0 Å². The fourth-order valence-corrected chi connectivity index (χ4v) is 1.73. The molecular weight excluding hydrogens is 189 g/mol. The Bertz CT molecular complexity index is 140. The van der Waals surface area contributed by atoms with Crippen molar-refractivity contribution in [2.45, 2.75) is 6.92 Å². The van der Waals surface area contributed by atoms with Crippen LogP contribution in [0.4, 0.5) is 0 Å². The van der Waals surface area contributed by atoms with E-state index < -0.39 is 5.97 Å². The van der Waals surface area contributed by atoms with E-state index in [0.717, 1.165) is 6.92 Å². The molecule has 1 aliphatic heterocycles. The molecule has 1 aliphatic rings. The first kappa shape index (κ1) is 9.36. The molecule has 0 amide bonds. The van der Waals surface area contributed by atoms with Gasteiger partial charge in [0.15, 0.2) is 0 Å². The maximum atomic E-state index is 9.00. The van der Waals surface area contributed by atoms with Gasteiger partial charge in [0.2, 0.25) is 0 Å². The molecule has 0 radical (unpaired) electrons. The van der Waals surface area contributed by atoms with Crippen LogP contribution in [0.5, 0.6) is 0 Å². The minimum atomic E-state index is -0.833. The van der Waals surface area contributed by atoms with Crippen molar-refractivity contribution < 1.29 is 9.90 Å². The minimum Gasteiger partial charge on any atom is -0.481 e. The first-order chi connectivity index (χ1) is 4.73. The smallest absolute Gasteiger partial charge is 0.300 e. The standard InChI is InChI=1S/C5H6Ge.C2H4O2/c1-2-4-6-5-3-1;1-2(3)4/h1-6H;1H3,(H,3,4). The summed E-state index contributed by atoms with van der Waals surface area (Å²) in [6.07, 6.45) is 6.32. The Morgan fingerprint density at radius 1 is 1.40 bits per heavy atom. The first-order valence-electron chi connectivity index (χ1n) is 2.93. The maximum absolute atomic E-state index is 9.00.